The molecule has 0 spiro atoms. The number of hydrogen-bond acceptors (Lipinski definition) is 2. The van der Waals surface area contributed by atoms with E-state index in [1.165, 1.54) is 33.5 Å². The van der Waals surface area contributed by atoms with Gasteiger partial charge in [-0.25, -0.2) is 0 Å². The van der Waals surface area contributed by atoms with Crippen LogP contribution in [0.3, 0.4) is 0 Å². The number of nitrogens with zero attached hydrogens (tertiary/aromatic N) is 1. The van der Waals surface area contributed by atoms with Crippen molar-refractivity contribution >= 4 is 22.7 Å². The van der Waals surface area contributed by atoms with Crippen molar-refractivity contribution in [1.29, 1.82) is 0 Å². The summed E-state index contributed by atoms with van der Waals surface area (Å²) in [6.45, 7) is 10.9. The molecule has 0 saturated heterocycles. The fraction of sp³-hybridized carbons (Fsp3) is 0.529. The smallest absolute Gasteiger partial charge is 0.0485 e. The lowest BCUT2D eigenvalue weighted by Crippen LogP contribution is -2.21. The maximum atomic E-state index is 3.49. The predicted octanol–water partition coefficient (Wildman–Crippen LogP) is 4.12. The van der Waals surface area contributed by atoms with E-state index in [1.807, 2.05) is 11.8 Å². The summed E-state index contributed by atoms with van der Waals surface area (Å²) in [4.78, 5) is 0. The molecule has 1 aromatic heterocycles. The van der Waals surface area contributed by atoms with Gasteiger partial charge in [0.2, 0.25) is 0 Å². The third-order valence-corrected chi connectivity index (χ3v) is 4.53. The van der Waals surface area contributed by atoms with Crippen LogP contribution in [0, 0.1) is 13.8 Å². The number of rotatable bonds is 6. The molecule has 0 amide bonds. The van der Waals surface area contributed by atoms with E-state index in [4.69, 9.17) is 0 Å². The Morgan fingerprint density at radius 2 is 2.00 bits per heavy atom. The summed E-state index contributed by atoms with van der Waals surface area (Å²) in [5.41, 5.74) is 5.58. The lowest BCUT2D eigenvalue weighted by molar-refractivity contribution is 0.589. The molecular weight excluding hydrogens is 264 g/mol. The average molecular weight is 290 g/mol. The number of nitrogens with one attached hydrogen (secondary N) is 1. The van der Waals surface area contributed by atoms with E-state index >= 15 is 0 Å². The van der Waals surface area contributed by atoms with E-state index in [-0.39, 0.29) is 0 Å². The summed E-state index contributed by atoms with van der Waals surface area (Å²) in [7, 11) is 0. The third-order valence-electron chi connectivity index (χ3n) is 3.94. The summed E-state index contributed by atoms with van der Waals surface area (Å²) in [5.74, 6) is 1.17. The van der Waals surface area contributed by atoms with Crippen molar-refractivity contribution in [1.82, 2.24) is 9.88 Å². The molecule has 0 atom stereocenters. The zero-order valence-electron chi connectivity index (χ0n) is 13.3. The predicted molar refractivity (Wildman–Crippen MR) is 91.8 cm³/mol. The lowest BCUT2D eigenvalue weighted by Gasteiger charge is -2.09. The average Bonchev–Trinajstić information content (AvgIpc) is 2.67. The normalized spacial score (nSPS) is 11.7. The number of fused-ring (bicyclic) bond motifs is 1. The summed E-state index contributed by atoms with van der Waals surface area (Å²) in [6.07, 6.45) is 2.17. The molecule has 1 aromatic carbocycles. The van der Waals surface area contributed by atoms with Crippen LogP contribution < -0.4 is 5.32 Å². The van der Waals surface area contributed by atoms with E-state index < -0.39 is 0 Å². The van der Waals surface area contributed by atoms with Crippen molar-refractivity contribution in [3.63, 3.8) is 0 Å². The Balaban J connectivity index is 2.35. The molecule has 0 bridgehead atoms. The van der Waals surface area contributed by atoms with Crippen molar-refractivity contribution in [3.8, 4) is 0 Å². The summed E-state index contributed by atoms with van der Waals surface area (Å²) < 4.78 is 2.46. The molecule has 0 unspecified atom stereocenters. The molecule has 1 N–H and O–H groups in total. The first-order chi connectivity index (χ1) is 9.54. The fourth-order valence-corrected chi connectivity index (χ4v) is 2.96. The highest BCUT2D eigenvalue weighted by Gasteiger charge is 2.11. The van der Waals surface area contributed by atoms with Crippen LogP contribution in [0.5, 0.6) is 0 Å². The molecule has 2 nitrogen and oxygen atoms in total. The van der Waals surface area contributed by atoms with E-state index in [0.29, 0.717) is 6.04 Å². The molecule has 0 fully saturated rings. The molecule has 3 heteroatoms. The molecule has 0 saturated carbocycles. The van der Waals surface area contributed by atoms with Gasteiger partial charge in [0.25, 0.3) is 0 Å². The summed E-state index contributed by atoms with van der Waals surface area (Å²) in [6, 6.07) is 7.42. The van der Waals surface area contributed by atoms with Crippen molar-refractivity contribution < 1.29 is 0 Å². The third kappa shape index (κ3) is 3.21. The zero-order valence-corrected chi connectivity index (χ0v) is 14.1. The SMILES string of the molecule is CSCCn1c(C)c(C)c2cc(CNC(C)C)ccc21. The Labute approximate surface area is 126 Å². The first kappa shape index (κ1) is 15.5. The minimum absolute atomic E-state index is 0.528. The molecule has 20 heavy (non-hydrogen) atoms. The Hall–Kier alpha value is -0.930. The van der Waals surface area contributed by atoms with Gasteiger partial charge in [0.1, 0.15) is 0 Å². The number of aryl methyl sites for hydroxylation is 2. The molecule has 0 aliphatic carbocycles. The highest BCUT2D eigenvalue weighted by molar-refractivity contribution is 7.98. The topological polar surface area (TPSA) is 17.0 Å². The van der Waals surface area contributed by atoms with Crippen molar-refractivity contribution in [2.75, 3.05) is 12.0 Å². The van der Waals surface area contributed by atoms with E-state index in [9.17, 15) is 0 Å². The van der Waals surface area contributed by atoms with Gasteiger partial charge in [0.05, 0.1) is 0 Å². The number of aromatic nitrogens is 1. The van der Waals surface area contributed by atoms with Crippen LogP contribution in [0.4, 0.5) is 0 Å². The molecule has 0 aliphatic heterocycles. The molecule has 1 heterocycles. The highest BCUT2D eigenvalue weighted by atomic mass is 32.2. The van der Waals surface area contributed by atoms with Crippen molar-refractivity contribution in [2.45, 2.75) is 46.8 Å². The quantitative estimate of drug-likeness (QED) is 0.862. The van der Waals surface area contributed by atoms with Gasteiger partial charge >= 0.3 is 0 Å². The first-order valence-electron chi connectivity index (χ1n) is 7.35. The van der Waals surface area contributed by atoms with Crippen LogP contribution in [0.1, 0.15) is 30.7 Å². The van der Waals surface area contributed by atoms with Crippen LogP contribution in [0.2, 0.25) is 0 Å². The molecule has 2 rings (SSSR count). The minimum Gasteiger partial charge on any atom is -0.344 e. The van der Waals surface area contributed by atoms with Gasteiger partial charge in [-0.3, -0.25) is 0 Å². The standard InChI is InChI=1S/C17H26N2S/c1-12(2)18-11-15-6-7-17-16(10-15)13(3)14(4)19(17)8-9-20-5/h6-7,10,12,18H,8-9,11H2,1-5H3. The van der Waals surface area contributed by atoms with Gasteiger partial charge in [-0.05, 0) is 43.4 Å². The molecule has 2 aromatic rings. The van der Waals surface area contributed by atoms with Crippen molar-refractivity contribution in [2.24, 2.45) is 0 Å². The number of hydrogen-bond donors (Lipinski definition) is 1. The summed E-state index contributed by atoms with van der Waals surface area (Å²) in [5, 5.41) is 4.90. The van der Waals surface area contributed by atoms with Crippen LogP contribution in [0.25, 0.3) is 10.9 Å². The van der Waals surface area contributed by atoms with Gasteiger partial charge in [0.15, 0.2) is 0 Å². The van der Waals surface area contributed by atoms with E-state index in [1.54, 1.807) is 0 Å². The van der Waals surface area contributed by atoms with E-state index in [0.717, 1.165) is 13.1 Å². The largest absolute Gasteiger partial charge is 0.344 e. The molecule has 110 valence electrons. The van der Waals surface area contributed by atoms with E-state index in [2.05, 4.69) is 62.0 Å². The summed E-state index contributed by atoms with van der Waals surface area (Å²) >= 11 is 1.91. The Morgan fingerprint density at radius 1 is 1.25 bits per heavy atom. The fourth-order valence-electron chi connectivity index (χ4n) is 2.60. The number of thioether (sulfide) groups is 1. The molecular formula is C17H26N2S. The van der Waals surface area contributed by atoms with Crippen LogP contribution in [0.15, 0.2) is 18.2 Å². The lowest BCUT2D eigenvalue weighted by atomic mass is 10.1. The number of benzene rings is 1. The van der Waals surface area contributed by atoms with Gasteiger partial charge in [-0.15, -0.1) is 0 Å². The van der Waals surface area contributed by atoms with Gasteiger partial charge in [-0.1, -0.05) is 19.9 Å². The van der Waals surface area contributed by atoms with Gasteiger partial charge < -0.3 is 9.88 Å². The Morgan fingerprint density at radius 3 is 2.65 bits per heavy atom. The van der Waals surface area contributed by atoms with Gasteiger partial charge in [-0.2, -0.15) is 11.8 Å². The van der Waals surface area contributed by atoms with Crippen LogP contribution >= 0.6 is 11.8 Å². The first-order valence-corrected chi connectivity index (χ1v) is 8.74. The monoisotopic (exact) mass is 290 g/mol. The molecule has 0 aliphatic rings. The Kier molecular flexibility index (Phi) is 5.17. The van der Waals surface area contributed by atoms with Gasteiger partial charge in [0, 0.05) is 41.5 Å². The van der Waals surface area contributed by atoms with Crippen molar-refractivity contribution in [3.05, 3.63) is 35.0 Å². The minimum atomic E-state index is 0.528. The second-order valence-corrected chi connectivity index (χ2v) is 6.73. The second kappa shape index (κ2) is 6.68. The molecule has 0 radical (unpaired) electrons. The second-order valence-electron chi connectivity index (χ2n) is 5.74. The highest BCUT2D eigenvalue weighted by Crippen LogP contribution is 2.26. The maximum Gasteiger partial charge on any atom is 0.0485 e. The zero-order chi connectivity index (χ0) is 14.7. The maximum absolute atomic E-state index is 3.49. The van der Waals surface area contributed by atoms with Crippen LogP contribution in [-0.4, -0.2) is 22.6 Å². The van der Waals surface area contributed by atoms with Crippen LogP contribution in [-0.2, 0) is 13.1 Å². The Bertz CT molecular complexity index is 584.